The minimum Gasteiger partial charge on any atom is -0.293 e. The Morgan fingerprint density at radius 1 is 1.00 bits per heavy atom. The van der Waals surface area contributed by atoms with Gasteiger partial charge >= 0.3 is 0 Å². The standard InChI is InChI=1S/C23H23BrN4O/c24-20-10-4-5-11-21(20)28-15-17(25-26-28)14-27-16-22(29)18-8-2-3-9-19(18)23(27)12-6-1-7-13-23/h2-5,8-11,15H,1,6-7,12-14,16H2. The summed E-state index contributed by atoms with van der Waals surface area (Å²) in [5, 5.41) is 8.76. The van der Waals surface area contributed by atoms with Crippen molar-refractivity contribution < 1.29 is 4.79 Å². The van der Waals surface area contributed by atoms with E-state index in [0.717, 1.165) is 34.3 Å². The summed E-state index contributed by atoms with van der Waals surface area (Å²) in [6.07, 6.45) is 7.82. The van der Waals surface area contributed by atoms with Crippen LogP contribution in [0.15, 0.2) is 59.2 Å². The zero-order valence-electron chi connectivity index (χ0n) is 16.2. The molecule has 0 N–H and O–H groups in total. The number of fused-ring (bicyclic) bond motifs is 2. The van der Waals surface area contributed by atoms with E-state index in [0.29, 0.717) is 13.1 Å². The van der Waals surface area contributed by atoms with Crippen LogP contribution in [0.4, 0.5) is 0 Å². The van der Waals surface area contributed by atoms with Crippen LogP contribution in [-0.2, 0) is 12.1 Å². The van der Waals surface area contributed by atoms with Gasteiger partial charge in [-0.1, -0.05) is 60.9 Å². The maximum atomic E-state index is 12.9. The number of carbonyl (C=O) groups excluding carboxylic acids is 1. The third kappa shape index (κ3) is 3.24. The second-order valence-corrected chi connectivity index (χ2v) is 8.88. The molecule has 1 aromatic heterocycles. The highest BCUT2D eigenvalue weighted by molar-refractivity contribution is 9.10. The molecular weight excluding hydrogens is 428 g/mol. The molecule has 1 fully saturated rings. The summed E-state index contributed by atoms with van der Waals surface area (Å²) in [5.74, 6) is 0.204. The number of carbonyl (C=O) groups is 1. The van der Waals surface area contributed by atoms with Crippen molar-refractivity contribution >= 4 is 21.7 Å². The van der Waals surface area contributed by atoms with Gasteiger partial charge in [-0.2, -0.15) is 0 Å². The largest absolute Gasteiger partial charge is 0.293 e. The molecule has 2 aromatic carbocycles. The van der Waals surface area contributed by atoms with Gasteiger partial charge in [0.2, 0.25) is 0 Å². The Hall–Kier alpha value is -2.31. The molecule has 5 rings (SSSR count). The molecule has 1 aliphatic carbocycles. The molecule has 0 unspecified atom stereocenters. The fourth-order valence-electron chi connectivity index (χ4n) is 4.96. The average molecular weight is 451 g/mol. The number of rotatable bonds is 3. The van der Waals surface area contributed by atoms with Crippen molar-refractivity contribution in [3.8, 4) is 5.69 Å². The number of nitrogens with zero attached hydrogens (tertiary/aromatic N) is 4. The average Bonchev–Trinajstić information content (AvgIpc) is 3.21. The van der Waals surface area contributed by atoms with E-state index in [2.05, 4.69) is 43.3 Å². The molecule has 6 heteroatoms. The highest BCUT2D eigenvalue weighted by Crippen LogP contribution is 2.46. The Balaban J connectivity index is 1.49. The van der Waals surface area contributed by atoms with Gasteiger partial charge in [0.15, 0.2) is 5.78 Å². The molecule has 1 saturated carbocycles. The van der Waals surface area contributed by atoms with Crippen molar-refractivity contribution in [2.24, 2.45) is 0 Å². The van der Waals surface area contributed by atoms with Crippen LogP contribution in [0, 0.1) is 0 Å². The van der Waals surface area contributed by atoms with E-state index in [1.165, 1.54) is 24.8 Å². The first-order chi connectivity index (χ1) is 14.2. The van der Waals surface area contributed by atoms with Gasteiger partial charge < -0.3 is 0 Å². The SMILES string of the molecule is O=C1CN(Cc2cn(-c3ccccc3Br)nn2)C2(CCCCC2)c2ccccc21. The quantitative estimate of drug-likeness (QED) is 0.569. The Kier molecular flexibility index (Phi) is 4.84. The topological polar surface area (TPSA) is 51.0 Å². The van der Waals surface area contributed by atoms with Crippen LogP contribution in [0.1, 0.15) is 53.7 Å². The van der Waals surface area contributed by atoms with Crippen molar-refractivity contribution in [2.75, 3.05) is 6.54 Å². The molecule has 0 amide bonds. The van der Waals surface area contributed by atoms with Crippen LogP contribution in [-0.4, -0.2) is 32.2 Å². The molecule has 0 radical (unpaired) electrons. The van der Waals surface area contributed by atoms with Crippen LogP contribution in [0.2, 0.25) is 0 Å². The van der Waals surface area contributed by atoms with Gasteiger partial charge in [-0.25, -0.2) is 4.68 Å². The lowest BCUT2D eigenvalue weighted by Gasteiger charge is -2.49. The fourth-order valence-corrected chi connectivity index (χ4v) is 5.43. The first-order valence-corrected chi connectivity index (χ1v) is 11.0. The maximum Gasteiger partial charge on any atom is 0.177 e. The minimum atomic E-state index is -0.0696. The smallest absolute Gasteiger partial charge is 0.177 e. The van der Waals surface area contributed by atoms with Gasteiger partial charge in [0.05, 0.1) is 24.1 Å². The molecule has 148 valence electrons. The molecule has 29 heavy (non-hydrogen) atoms. The van der Waals surface area contributed by atoms with Gasteiger partial charge in [0, 0.05) is 22.1 Å². The Morgan fingerprint density at radius 3 is 2.59 bits per heavy atom. The number of benzene rings is 2. The third-order valence-electron chi connectivity index (χ3n) is 6.34. The number of halogens is 1. The van der Waals surface area contributed by atoms with Crippen LogP contribution in [0.5, 0.6) is 0 Å². The summed E-state index contributed by atoms with van der Waals surface area (Å²) in [6, 6.07) is 16.2. The summed E-state index contributed by atoms with van der Waals surface area (Å²) in [6.45, 7) is 1.07. The lowest BCUT2D eigenvalue weighted by atomic mass is 9.71. The third-order valence-corrected chi connectivity index (χ3v) is 7.01. The monoisotopic (exact) mass is 450 g/mol. The van der Waals surface area contributed by atoms with Gasteiger partial charge in [-0.3, -0.25) is 9.69 Å². The number of hydrogen-bond donors (Lipinski definition) is 0. The van der Waals surface area contributed by atoms with E-state index in [-0.39, 0.29) is 11.3 Å². The Labute approximate surface area is 178 Å². The zero-order valence-corrected chi connectivity index (χ0v) is 17.8. The van der Waals surface area contributed by atoms with Crippen LogP contribution in [0.25, 0.3) is 5.69 Å². The van der Waals surface area contributed by atoms with Gasteiger partial charge in [-0.15, -0.1) is 5.10 Å². The summed E-state index contributed by atoms with van der Waals surface area (Å²) >= 11 is 3.58. The molecule has 0 bridgehead atoms. The molecule has 0 atom stereocenters. The van der Waals surface area contributed by atoms with Crippen LogP contribution < -0.4 is 0 Å². The molecule has 5 nitrogen and oxygen atoms in total. The van der Waals surface area contributed by atoms with Crippen LogP contribution in [0.3, 0.4) is 0 Å². The van der Waals surface area contributed by atoms with Gasteiger partial charge in [0.25, 0.3) is 0 Å². The number of hydrogen-bond acceptors (Lipinski definition) is 4. The van der Waals surface area contributed by atoms with E-state index < -0.39 is 0 Å². The van der Waals surface area contributed by atoms with Crippen molar-refractivity contribution in [3.05, 3.63) is 76.0 Å². The number of para-hydroxylation sites is 1. The predicted molar refractivity (Wildman–Crippen MR) is 115 cm³/mol. The predicted octanol–water partition coefficient (Wildman–Crippen LogP) is 4.89. The van der Waals surface area contributed by atoms with Gasteiger partial charge in [-0.05, 0) is 46.5 Å². The van der Waals surface area contributed by atoms with E-state index >= 15 is 0 Å². The number of ketones is 1. The van der Waals surface area contributed by atoms with Gasteiger partial charge in [0.1, 0.15) is 0 Å². The lowest BCUT2D eigenvalue weighted by Crippen LogP contribution is -2.53. The van der Waals surface area contributed by atoms with E-state index in [9.17, 15) is 4.79 Å². The van der Waals surface area contributed by atoms with Crippen LogP contribution >= 0.6 is 15.9 Å². The molecule has 1 aliphatic heterocycles. The summed E-state index contributed by atoms with van der Waals surface area (Å²) in [5.41, 5.74) is 3.88. The second-order valence-electron chi connectivity index (χ2n) is 8.02. The van der Waals surface area contributed by atoms with E-state index in [1.807, 2.05) is 42.6 Å². The van der Waals surface area contributed by atoms with Crippen molar-refractivity contribution in [1.82, 2.24) is 19.9 Å². The molecule has 2 heterocycles. The molecule has 0 saturated heterocycles. The molecule has 1 spiro atoms. The molecule has 2 aliphatic rings. The Bertz CT molecular complexity index is 1050. The van der Waals surface area contributed by atoms with Crippen molar-refractivity contribution in [3.63, 3.8) is 0 Å². The normalized spacial score (nSPS) is 18.7. The van der Waals surface area contributed by atoms with Crippen molar-refractivity contribution in [1.29, 1.82) is 0 Å². The van der Waals surface area contributed by atoms with E-state index in [1.54, 1.807) is 4.68 Å². The highest BCUT2D eigenvalue weighted by Gasteiger charge is 2.45. The summed E-state index contributed by atoms with van der Waals surface area (Å²) in [4.78, 5) is 15.2. The minimum absolute atomic E-state index is 0.0696. The zero-order chi connectivity index (χ0) is 19.8. The van der Waals surface area contributed by atoms with E-state index in [4.69, 9.17) is 0 Å². The lowest BCUT2D eigenvalue weighted by molar-refractivity contribution is 0.0272. The summed E-state index contributed by atoms with van der Waals surface area (Å²) < 4.78 is 2.77. The van der Waals surface area contributed by atoms with Crippen molar-refractivity contribution in [2.45, 2.75) is 44.2 Å². The number of aromatic nitrogens is 3. The molecule has 3 aromatic rings. The molecular formula is C23H23BrN4O. The first-order valence-electron chi connectivity index (χ1n) is 10.2. The fraction of sp³-hybridized carbons (Fsp3) is 0.348. The maximum absolute atomic E-state index is 12.9. The second kappa shape index (κ2) is 7.50. The first kappa shape index (κ1) is 18.7. The Morgan fingerprint density at radius 2 is 1.76 bits per heavy atom. The highest BCUT2D eigenvalue weighted by atomic mass is 79.9. The number of Topliss-reactive ketones (excluding diaryl/α,β-unsaturated/α-hetero) is 1. The summed E-state index contributed by atoms with van der Waals surface area (Å²) in [7, 11) is 0.